The maximum atomic E-state index is 12.4. The fourth-order valence-electron chi connectivity index (χ4n) is 3.40. The van der Waals surface area contributed by atoms with Crippen molar-refractivity contribution in [2.24, 2.45) is 0 Å². The van der Waals surface area contributed by atoms with Crippen molar-refractivity contribution >= 4 is 11.6 Å². The number of benzene rings is 2. The molecule has 1 aliphatic heterocycles. The molecule has 3 heteroatoms. The molecule has 2 aromatic rings. The van der Waals surface area contributed by atoms with E-state index in [0.717, 1.165) is 30.6 Å². The molecule has 0 aromatic heterocycles. The van der Waals surface area contributed by atoms with Crippen LogP contribution in [-0.4, -0.2) is 23.9 Å². The largest absolute Gasteiger partial charge is 0.325 e. The van der Waals surface area contributed by atoms with Crippen LogP contribution in [-0.2, 0) is 4.79 Å². The maximum absolute atomic E-state index is 12.4. The summed E-state index contributed by atoms with van der Waals surface area (Å²) in [7, 11) is 0. The van der Waals surface area contributed by atoms with Crippen molar-refractivity contribution in [2.75, 3.05) is 18.4 Å². The van der Waals surface area contributed by atoms with Gasteiger partial charge in [0, 0.05) is 11.7 Å². The Labute approximate surface area is 138 Å². The number of nitrogens with zero attached hydrogens (tertiary/aromatic N) is 1. The zero-order valence-electron chi connectivity index (χ0n) is 13.9. The number of carbonyl (C=O) groups excluding carboxylic acids is 1. The van der Waals surface area contributed by atoms with Gasteiger partial charge in [0.15, 0.2) is 0 Å². The molecule has 0 bridgehead atoms. The van der Waals surface area contributed by atoms with E-state index in [0.29, 0.717) is 12.6 Å². The first kappa shape index (κ1) is 15.8. The van der Waals surface area contributed by atoms with E-state index >= 15 is 0 Å². The van der Waals surface area contributed by atoms with Crippen LogP contribution < -0.4 is 5.32 Å². The van der Waals surface area contributed by atoms with Gasteiger partial charge in [-0.3, -0.25) is 9.69 Å². The lowest BCUT2D eigenvalue weighted by Crippen LogP contribution is -2.33. The first-order valence-corrected chi connectivity index (χ1v) is 8.29. The monoisotopic (exact) mass is 308 g/mol. The predicted octanol–water partition coefficient (Wildman–Crippen LogP) is 4.08. The summed E-state index contributed by atoms with van der Waals surface area (Å²) in [5.74, 6) is 0.0692. The first-order chi connectivity index (χ1) is 11.1. The SMILES string of the molecule is Cc1ccc(NC(=O)CN2CCCC2c2ccccc2)c(C)c1. The molecule has 1 aliphatic rings. The maximum Gasteiger partial charge on any atom is 0.238 e. The van der Waals surface area contributed by atoms with Crippen LogP contribution in [0.3, 0.4) is 0 Å². The van der Waals surface area contributed by atoms with Gasteiger partial charge in [-0.2, -0.15) is 0 Å². The Hall–Kier alpha value is -2.13. The normalized spacial score (nSPS) is 18.1. The number of hydrogen-bond acceptors (Lipinski definition) is 2. The minimum atomic E-state index is 0.0692. The highest BCUT2D eigenvalue weighted by Gasteiger charge is 2.27. The molecule has 0 saturated carbocycles. The van der Waals surface area contributed by atoms with E-state index in [2.05, 4.69) is 47.5 Å². The van der Waals surface area contributed by atoms with Crippen molar-refractivity contribution in [1.82, 2.24) is 4.90 Å². The molecule has 2 aromatic carbocycles. The number of rotatable bonds is 4. The van der Waals surface area contributed by atoms with Crippen molar-refractivity contribution in [3.63, 3.8) is 0 Å². The van der Waals surface area contributed by atoms with Gasteiger partial charge >= 0.3 is 0 Å². The molecule has 1 fully saturated rings. The van der Waals surface area contributed by atoms with E-state index in [-0.39, 0.29) is 5.91 Å². The first-order valence-electron chi connectivity index (χ1n) is 8.29. The summed E-state index contributed by atoms with van der Waals surface area (Å²) in [6.45, 7) is 5.53. The summed E-state index contributed by atoms with van der Waals surface area (Å²) in [6, 6.07) is 17.0. The zero-order chi connectivity index (χ0) is 16.2. The summed E-state index contributed by atoms with van der Waals surface area (Å²) >= 11 is 0. The number of likely N-dealkylation sites (tertiary alicyclic amines) is 1. The molecule has 1 saturated heterocycles. The Kier molecular flexibility index (Phi) is 4.77. The Morgan fingerprint density at radius 2 is 1.96 bits per heavy atom. The average molecular weight is 308 g/mol. The predicted molar refractivity (Wildman–Crippen MR) is 94.5 cm³/mol. The van der Waals surface area contributed by atoms with Crippen molar-refractivity contribution < 1.29 is 4.79 Å². The number of anilines is 1. The standard InChI is InChI=1S/C20H24N2O/c1-15-10-11-18(16(2)13-15)21-20(23)14-22-12-6-9-19(22)17-7-4-3-5-8-17/h3-5,7-8,10-11,13,19H,6,9,12,14H2,1-2H3,(H,21,23). The average Bonchev–Trinajstić information content (AvgIpc) is 2.99. The van der Waals surface area contributed by atoms with Crippen LogP contribution in [0.15, 0.2) is 48.5 Å². The van der Waals surface area contributed by atoms with Crippen LogP contribution >= 0.6 is 0 Å². The Bertz CT molecular complexity index is 681. The summed E-state index contributed by atoms with van der Waals surface area (Å²) in [4.78, 5) is 14.7. The minimum Gasteiger partial charge on any atom is -0.325 e. The smallest absolute Gasteiger partial charge is 0.238 e. The van der Waals surface area contributed by atoms with Crippen LogP contribution in [0.5, 0.6) is 0 Å². The molecule has 3 rings (SSSR count). The Morgan fingerprint density at radius 1 is 1.17 bits per heavy atom. The lowest BCUT2D eigenvalue weighted by Gasteiger charge is -2.24. The van der Waals surface area contributed by atoms with Crippen LogP contribution in [0.25, 0.3) is 0 Å². The molecular weight excluding hydrogens is 284 g/mol. The molecule has 3 nitrogen and oxygen atoms in total. The van der Waals surface area contributed by atoms with E-state index in [1.807, 2.05) is 25.1 Å². The third-order valence-electron chi connectivity index (χ3n) is 4.55. The quantitative estimate of drug-likeness (QED) is 0.923. The fraction of sp³-hybridized carbons (Fsp3) is 0.350. The highest BCUT2D eigenvalue weighted by Crippen LogP contribution is 2.31. The highest BCUT2D eigenvalue weighted by atomic mass is 16.2. The summed E-state index contributed by atoms with van der Waals surface area (Å²) in [6.07, 6.45) is 2.28. The molecule has 1 amide bonds. The van der Waals surface area contributed by atoms with Gasteiger partial charge in [-0.05, 0) is 50.4 Å². The molecule has 1 atom stereocenters. The number of nitrogens with one attached hydrogen (secondary N) is 1. The summed E-state index contributed by atoms with van der Waals surface area (Å²) < 4.78 is 0. The van der Waals surface area contributed by atoms with E-state index in [1.54, 1.807) is 0 Å². The highest BCUT2D eigenvalue weighted by molar-refractivity contribution is 5.93. The van der Waals surface area contributed by atoms with Gasteiger partial charge in [0.25, 0.3) is 0 Å². The number of hydrogen-bond donors (Lipinski definition) is 1. The van der Waals surface area contributed by atoms with Crippen molar-refractivity contribution in [3.05, 3.63) is 65.2 Å². The lowest BCUT2D eigenvalue weighted by molar-refractivity contribution is -0.117. The second-order valence-electron chi connectivity index (χ2n) is 6.41. The lowest BCUT2D eigenvalue weighted by atomic mass is 10.0. The summed E-state index contributed by atoms with van der Waals surface area (Å²) in [5, 5.41) is 3.06. The van der Waals surface area contributed by atoms with Gasteiger partial charge in [-0.25, -0.2) is 0 Å². The van der Waals surface area contributed by atoms with Crippen molar-refractivity contribution in [2.45, 2.75) is 32.7 Å². The minimum absolute atomic E-state index is 0.0692. The molecule has 0 spiro atoms. The van der Waals surface area contributed by atoms with Crippen molar-refractivity contribution in [1.29, 1.82) is 0 Å². The number of carbonyl (C=O) groups is 1. The molecule has 1 unspecified atom stereocenters. The van der Waals surface area contributed by atoms with Crippen LogP contribution in [0, 0.1) is 13.8 Å². The second kappa shape index (κ2) is 6.97. The zero-order valence-corrected chi connectivity index (χ0v) is 13.9. The van der Waals surface area contributed by atoms with Gasteiger partial charge in [0.05, 0.1) is 6.54 Å². The topological polar surface area (TPSA) is 32.3 Å². The second-order valence-corrected chi connectivity index (χ2v) is 6.41. The molecular formula is C20H24N2O. The molecule has 23 heavy (non-hydrogen) atoms. The van der Waals surface area contributed by atoms with Crippen LogP contribution in [0.2, 0.25) is 0 Å². The van der Waals surface area contributed by atoms with Gasteiger partial charge in [0.1, 0.15) is 0 Å². The van der Waals surface area contributed by atoms with E-state index < -0.39 is 0 Å². The fourth-order valence-corrected chi connectivity index (χ4v) is 3.40. The third-order valence-corrected chi connectivity index (χ3v) is 4.55. The molecule has 1 heterocycles. The van der Waals surface area contributed by atoms with Crippen molar-refractivity contribution in [3.8, 4) is 0 Å². The third kappa shape index (κ3) is 3.80. The number of amides is 1. The molecule has 0 aliphatic carbocycles. The van der Waals surface area contributed by atoms with Gasteiger partial charge in [-0.1, -0.05) is 48.0 Å². The van der Waals surface area contributed by atoms with E-state index in [4.69, 9.17) is 0 Å². The van der Waals surface area contributed by atoms with Gasteiger partial charge < -0.3 is 5.32 Å². The molecule has 120 valence electrons. The van der Waals surface area contributed by atoms with Crippen LogP contribution in [0.1, 0.15) is 35.6 Å². The van der Waals surface area contributed by atoms with E-state index in [9.17, 15) is 4.79 Å². The summed E-state index contributed by atoms with van der Waals surface area (Å²) in [5.41, 5.74) is 4.55. The number of aryl methyl sites for hydroxylation is 2. The van der Waals surface area contributed by atoms with Gasteiger partial charge in [-0.15, -0.1) is 0 Å². The van der Waals surface area contributed by atoms with Crippen LogP contribution in [0.4, 0.5) is 5.69 Å². The van der Waals surface area contributed by atoms with Gasteiger partial charge in [0.2, 0.25) is 5.91 Å². The Balaban J connectivity index is 1.65. The Morgan fingerprint density at radius 3 is 2.70 bits per heavy atom. The van der Waals surface area contributed by atoms with E-state index in [1.165, 1.54) is 11.1 Å². The molecule has 0 radical (unpaired) electrons. The molecule has 1 N–H and O–H groups in total.